The second kappa shape index (κ2) is 8.94. The Balaban J connectivity index is 2.99. The van der Waals surface area contributed by atoms with Crippen LogP contribution in [0.4, 0.5) is 0 Å². The molecule has 0 aliphatic heterocycles. The molecule has 0 atom stereocenters. The maximum Gasteiger partial charge on any atom is 0.264 e. The zero-order valence-corrected chi connectivity index (χ0v) is 13.4. The zero-order valence-electron chi connectivity index (χ0n) is 12.6. The molecule has 0 saturated heterocycles. The van der Waals surface area contributed by atoms with Gasteiger partial charge in [0.25, 0.3) is 10.1 Å². The first-order valence-corrected chi connectivity index (χ1v) is 8.61. The summed E-state index contributed by atoms with van der Waals surface area (Å²) in [6.45, 7) is 4.51. The molecule has 0 N–H and O–H groups in total. The van der Waals surface area contributed by atoms with Gasteiger partial charge in [-0.3, -0.25) is 4.18 Å². The van der Waals surface area contributed by atoms with Gasteiger partial charge in [-0.15, -0.1) is 0 Å². The average molecular weight is 314 g/mol. The maximum absolute atomic E-state index is 11.2. The highest BCUT2D eigenvalue weighted by Gasteiger charge is 2.17. The summed E-state index contributed by atoms with van der Waals surface area (Å²) in [5.74, 6) is 0. The van der Waals surface area contributed by atoms with Crippen LogP contribution in [-0.4, -0.2) is 40.8 Å². The molecule has 0 aromatic heterocycles. The number of hydrogen-bond acceptors (Lipinski definition) is 5. The standard InChI is InChI=1S/C15H22O5S/c1-4-18-15(19-5-2)14(12-20-21(3,16)17)11-13-9-7-6-8-10-13/h6-11,15H,4-5,12H2,1-3H3/b14-11+. The highest BCUT2D eigenvalue weighted by Crippen LogP contribution is 2.15. The van der Waals surface area contributed by atoms with Gasteiger partial charge in [0.1, 0.15) is 0 Å². The Morgan fingerprint density at radius 1 is 1.14 bits per heavy atom. The molecular weight excluding hydrogens is 292 g/mol. The van der Waals surface area contributed by atoms with E-state index in [4.69, 9.17) is 13.7 Å². The Bertz CT molecular complexity index is 530. The van der Waals surface area contributed by atoms with Gasteiger partial charge < -0.3 is 9.47 Å². The average Bonchev–Trinajstić information content (AvgIpc) is 2.43. The highest BCUT2D eigenvalue weighted by molar-refractivity contribution is 7.86. The lowest BCUT2D eigenvalue weighted by Crippen LogP contribution is -2.23. The van der Waals surface area contributed by atoms with Crippen LogP contribution in [-0.2, 0) is 23.8 Å². The molecule has 0 aliphatic carbocycles. The SMILES string of the molecule is CCOC(OCC)/C(=C/c1ccccc1)COS(C)(=O)=O. The van der Waals surface area contributed by atoms with Crippen molar-refractivity contribution in [3.8, 4) is 0 Å². The third-order valence-electron chi connectivity index (χ3n) is 2.53. The van der Waals surface area contributed by atoms with Gasteiger partial charge in [-0.1, -0.05) is 30.3 Å². The van der Waals surface area contributed by atoms with Crippen molar-refractivity contribution >= 4 is 16.2 Å². The first-order chi connectivity index (χ1) is 9.96. The van der Waals surface area contributed by atoms with Gasteiger partial charge in [-0.2, -0.15) is 8.42 Å². The molecule has 0 heterocycles. The summed E-state index contributed by atoms with van der Waals surface area (Å²) in [6.07, 6.45) is 2.21. The molecule has 0 amide bonds. The molecule has 0 saturated carbocycles. The van der Waals surface area contributed by atoms with E-state index in [1.807, 2.05) is 50.3 Å². The van der Waals surface area contributed by atoms with E-state index in [0.29, 0.717) is 18.8 Å². The Hall–Kier alpha value is -1.21. The number of benzene rings is 1. The van der Waals surface area contributed by atoms with Crippen molar-refractivity contribution in [3.05, 3.63) is 41.5 Å². The van der Waals surface area contributed by atoms with E-state index in [1.54, 1.807) is 0 Å². The minimum Gasteiger partial charge on any atom is -0.349 e. The van der Waals surface area contributed by atoms with Crippen molar-refractivity contribution in [2.75, 3.05) is 26.1 Å². The smallest absolute Gasteiger partial charge is 0.264 e. The van der Waals surface area contributed by atoms with Crippen molar-refractivity contribution in [2.24, 2.45) is 0 Å². The summed E-state index contributed by atoms with van der Waals surface area (Å²) in [5.41, 5.74) is 1.55. The van der Waals surface area contributed by atoms with E-state index in [9.17, 15) is 8.42 Å². The third kappa shape index (κ3) is 7.38. The van der Waals surface area contributed by atoms with Gasteiger partial charge in [-0.05, 0) is 25.5 Å². The van der Waals surface area contributed by atoms with Gasteiger partial charge >= 0.3 is 0 Å². The van der Waals surface area contributed by atoms with Crippen LogP contribution < -0.4 is 0 Å². The Morgan fingerprint density at radius 2 is 1.71 bits per heavy atom. The summed E-state index contributed by atoms with van der Waals surface area (Å²) < 4.78 is 38.3. The summed E-state index contributed by atoms with van der Waals surface area (Å²) in [5, 5.41) is 0. The fraction of sp³-hybridized carbons (Fsp3) is 0.467. The van der Waals surface area contributed by atoms with Crippen LogP contribution in [0.25, 0.3) is 6.08 Å². The summed E-state index contributed by atoms with van der Waals surface area (Å²) >= 11 is 0. The van der Waals surface area contributed by atoms with Gasteiger partial charge in [0, 0.05) is 18.8 Å². The predicted octanol–water partition coefficient (Wildman–Crippen LogP) is 2.45. The molecule has 6 heteroatoms. The zero-order chi connectivity index (χ0) is 15.7. The van der Waals surface area contributed by atoms with E-state index >= 15 is 0 Å². The molecule has 0 unspecified atom stereocenters. The van der Waals surface area contributed by atoms with Crippen LogP contribution in [0.3, 0.4) is 0 Å². The second-order valence-corrected chi connectivity index (χ2v) is 5.98. The normalized spacial score (nSPS) is 12.9. The van der Waals surface area contributed by atoms with E-state index in [1.165, 1.54) is 0 Å². The van der Waals surface area contributed by atoms with Crippen LogP contribution in [0.15, 0.2) is 35.9 Å². The van der Waals surface area contributed by atoms with Gasteiger partial charge in [-0.25, -0.2) is 0 Å². The molecule has 0 radical (unpaired) electrons. The van der Waals surface area contributed by atoms with E-state index < -0.39 is 16.4 Å². The third-order valence-corrected chi connectivity index (χ3v) is 3.08. The Morgan fingerprint density at radius 3 is 2.19 bits per heavy atom. The van der Waals surface area contributed by atoms with E-state index in [-0.39, 0.29) is 6.61 Å². The molecule has 1 aromatic carbocycles. The number of ether oxygens (including phenoxy) is 2. The molecule has 0 bridgehead atoms. The Labute approximate surface area is 126 Å². The van der Waals surface area contributed by atoms with Crippen LogP contribution in [0, 0.1) is 0 Å². The molecule has 1 rings (SSSR count). The molecule has 21 heavy (non-hydrogen) atoms. The van der Waals surface area contributed by atoms with Crippen molar-refractivity contribution in [1.29, 1.82) is 0 Å². The lowest BCUT2D eigenvalue weighted by Gasteiger charge is -2.20. The van der Waals surface area contributed by atoms with Gasteiger partial charge in [0.2, 0.25) is 0 Å². The molecule has 0 aliphatic rings. The highest BCUT2D eigenvalue weighted by atomic mass is 32.2. The molecule has 5 nitrogen and oxygen atoms in total. The monoisotopic (exact) mass is 314 g/mol. The Kier molecular flexibility index (Phi) is 7.60. The van der Waals surface area contributed by atoms with Crippen molar-refractivity contribution in [2.45, 2.75) is 20.1 Å². The second-order valence-electron chi connectivity index (χ2n) is 4.34. The van der Waals surface area contributed by atoms with Crippen LogP contribution in [0.5, 0.6) is 0 Å². The summed E-state index contributed by atoms with van der Waals surface area (Å²) in [4.78, 5) is 0. The first-order valence-electron chi connectivity index (χ1n) is 6.79. The van der Waals surface area contributed by atoms with Gasteiger partial charge in [0.15, 0.2) is 6.29 Å². The molecule has 118 valence electrons. The topological polar surface area (TPSA) is 61.8 Å². The van der Waals surface area contributed by atoms with Crippen molar-refractivity contribution < 1.29 is 22.1 Å². The fourth-order valence-electron chi connectivity index (χ4n) is 1.68. The lowest BCUT2D eigenvalue weighted by atomic mass is 10.1. The van der Waals surface area contributed by atoms with Crippen molar-refractivity contribution in [3.63, 3.8) is 0 Å². The summed E-state index contributed by atoms with van der Waals surface area (Å²) in [6, 6.07) is 9.53. The first kappa shape index (κ1) is 17.8. The number of rotatable bonds is 9. The minimum atomic E-state index is -3.53. The predicted molar refractivity (Wildman–Crippen MR) is 82.3 cm³/mol. The lowest BCUT2D eigenvalue weighted by molar-refractivity contribution is -0.113. The van der Waals surface area contributed by atoms with Crippen LogP contribution >= 0.6 is 0 Å². The van der Waals surface area contributed by atoms with Crippen LogP contribution in [0.2, 0.25) is 0 Å². The fourth-order valence-corrected chi connectivity index (χ4v) is 2.03. The van der Waals surface area contributed by atoms with E-state index in [2.05, 4.69) is 0 Å². The molecular formula is C15H22O5S. The maximum atomic E-state index is 11.2. The molecule has 1 aromatic rings. The minimum absolute atomic E-state index is 0.0988. The largest absolute Gasteiger partial charge is 0.349 e. The molecule has 0 spiro atoms. The summed E-state index contributed by atoms with van der Waals surface area (Å²) in [7, 11) is -3.53. The van der Waals surface area contributed by atoms with E-state index in [0.717, 1.165) is 11.8 Å². The number of hydrogen-bond donors (Lipinski definition) is 0. The quantitative estimate of drug-likeness (QED) is 0.517. The molecule has 0 fully saturated rings. The van der Waals surface area contributed by atoms with Gasteiger partial charge in [0.05, 0.1) is 12.9 Å². The van der Waals surface area contributed by atoms with Crippen molar-refractivity contribution in [1.82, 2.24) is 0 Å². The van der Waals surface area contributed by atoms with Crippen LogP contribution in [0.1, 0.15) is 19.4 Å².